The lowest BCUT2D eigenvalue weighted by Gasteiger charge is -2.26. The van der Waals surface area contributed by atoms with E-state index < -0.39 is 0 Å². The fourth-order valence-corrected chi connectivity index (χ4v) is 3.82. The average Bonchev–Trinajstić information content (AvgIpc) is 3.23. The van der Waals surface area contributed by atoms with Crippen molar-refractivity contribution in [3.05, 3.63) is 77.6 Å². The first-order chi connectivity index (χ1) is 14.3. The molecule has 0 saturated carbocycles. The zero-order valence-electron chi connectivity index (χ0n) is 16.1. The Morgan fingerprint density at radius 2 is 1.62 bits per heavy atom. The van der Waals surface area contributed by atoms with E-state index in [1.165, 1.54) is 0 Å². The van der Waals surface area contributed by atoms with Gasteiger partial charge in [0.15, 0.2) is 0 Å². The third-order valence-electron chi connectivity index (χ3n) is 5.46. The fourth-order valence-electron chi connectivity index (χ4n) is 3.82. The van der Waals surface area contributed by atoms with E-state index in [9.17, 15) is 4.79 Å². The number of fused-ring (bicyclic) bond motifs is 1. The first-order valence-electron chi connectivity index (χ1n) is 9.90. The number of aromatic nitrogens is 2. The number of carbonyl (C=O) groups is 1. The van der Waals surface area contributed by atoms with E-state index in [1.807, 2.05) is 53.6 Å². The molecule has 6 heteroatoms. The second-order valence-corrected chi connectivity index (χ2v) is 7.35. The largest absolute Gasteiger partial charge is 0.378 e. The molecule has 2 aliphatic heterocycles. The second-order valence-electron chi connectivity index (χ2n) is 7.35. The van der Waals surface area contributed by atoms with Gasteiger partial charge in [0.1, 0.15) is 0 Å². The van der Waals surface area contributed by atoms with Crippen LogP contribution in [0.15, 0.2) is 60.8 Å². The molecule has 1 amide bonds. The van der Waals surface area contributed by atoms with Crippen LogP contribution in [0, 0.1) is 0 Å². The molecule has 2 aromatic carbocycles. The molecule has 6 nitrogen and oxygen atoms in total. The molecular formula is C23H22N4O2. The lowest BCUT2D eigenvalue weighted by molar-refractivity contribution is 0.0750. The van der Waals surface area contributed by atoms with Gasteiger partial charge in [-0.1, -0.05) is 42.5 Å². The van der Waals surface area contributed by atoms with Crippen LogP contribution in [0.4, 0.5) is 5.95 Å². The summed E-state index contributed by atoms with van der Waals surface area (Å²) in [5, 5.41) is 0. The Balaban J connectivity index is 1.30. The van der Waals surface area contributed by atoms with Crippen LogP contribution in [0.5, 0.6) is 0 Å². The number of rotatable bonds is 3. The molecule has 0 radical (unpaired) electrons. The van der Waals surface area contributed by atoms with Gasteiger partial charge < -0.3 is 14.5 Å². The fraction of sp³-hybridized carbons (Fsp3) is 0.261. The number of nitrogens with zero attached hydrogens (tertiary/aromatic N) is 4. The van der Waals surface area contributed by atoms with Gasteiger partial charge in [-0.25, -0.2) is 9.97 Å². The summed E-state index contributed by atoms with van der Waals surface area (Å²) in [7, 11) is 0. The third kappa shape index (κ3) is 3.59. The molecule has 29 heavy (non-hydrogen) atoms. The Kier molecular flexibility index (Phi) is 4.69. The van der Waals surface area contributed by atoms with Crippen molar-refractivity contribution >= 4 is 11.9 Å². The van der Waals surface area contributed by atoms with Crippen LogP contribution in [0.2, 0.25) is 0 Å². The SMILES string of the molecule is O=C(c1ccc(-c2ccccc2)cc1)N1Cc2cnc(N3CCOCC3)nc2C1. The van der Waals surface area contributed by atoms with Crippen LogP contribution in [0.3, 0.4) is 0 Å². The molecule has 0 aliphatic carbocycles. The Morgan fingerprint density at radius 1 is 0.897 bits per heavy atom. The van der Waals surface area contributed by atoms with Crippen molar-refractivity contribution in [1.82, 2.24) is 14.9 Å². The van der Waals surface area contributed by atoms with Crippen LogP contribution in [0.25, 0.3) is 11.1 Å². The van der Waals surface area contributed by atoms with Gasteiger partial charge in [-0.15, -0.1) is 0 Å². The maximum atomic E-state index is 13.0. The van der Waals surface area contributed by atoms with Gasteiger partial charge in [-0.2, -0.15) is 0 Å². The number of ether oxygens (including phenoxy) is 1. The van der Waals surface area contributed by atoms with Crippen LogP contribution >= 0.6 is 0 Å². The minimum Gasteiger partial charge on any atom is -0.378 e. The van der Waals surface area contributed by atoms with Crippen molar-refractivity contribution in [2.45, 2.75) is 13.1 Å². The zero-order chi connectivity index (χ0) is 19.6. The van der Waals surface area contributed by atoms with E-state index in [1.54, 1.807) is 0 Å². The summed E-state index contributed by atoms with van der Waals surface area (Å²) in [4.78, 5) is 26.2. The monoisotopic (exact) mass is 386 g/mol. The highest BCUT2D eigenvalue weighted by Crippen LogP contribution is 2.25. The summed E-state index contributed by atoms with van der Waals surface area (Å²) >= 11 is 0. The lowest BCUT2D eigenvalue weighted by atomic mass is 10.0. The van der Waals surface area contributed by atoms with Gasteiger partial charge in [-0.05, 0) is 23.3 Å². The van der Waals surface area contributed by atoms with Crippen molar-refractivity contribution in [3.63, 3.8) is 0 Å². The van der Waals surface area contributed by atoms with E-state index in [-0.39, 0.29) is 5.91 Å². The van der Waals surface area contributed by atoms with E-state index in [0.29, 0.717) is 31.9 Å². The molecule has 0 N–H and O–H groups in total. The van der Waals surface area contributed by atoms with E-state index in [0.717, 1.165) is 41.4 Å². The Morgan fingerprint density at radius 3 is 2.38 bits per heavy atom. The number of morpholine rings is 1. The molecule has 1 saturated heterocycles. The first kappa shape index (κ1) is 17.8. The van der Waals surface area contributed by atoms with Gasteiger partial charge in [0.05, 0.1) is 25.5 Å². The molecule has 0 unspecified atom stereocenters. The molecule has 3 heterocycles. The Labute approximate surface area is 169 Å². The topological polar surface area (TPSA) is 58.6 Å². The number of benzene rings is 2. The Hall–Kier alpha value is -3.25. The summed E-state index contributed by atoms with van der Waals surface area (Å²) in [5.74, 6) is 0.754. The molecule has 1 fully saturated rings. The quantitative estimate of drug-likeness (QED) is 0.692. The highest BCUT2D eigenvalue weighted by atomic mass is 16.5. The van der Waals surface area contributed by atoms with Gasteiger partial charge in [-0.3, -0.25) is 4.79 Å². The van der Waals surface area contributed by atoms with Crippen LogP contribution in [0.1, 0.15) is 21.6 Å². The Bertz CT molecular complexity index is 1010. The highest BCUT2D eigenvalue weighted by Gasteiger charge is 2.27. The zero-order valence-corrected chi connectivity index (χ0v) is 16.1. The molecule has 0 spiro atoms. The molecular weight excluding hydrogens is 364 g/mol. The number of anilines is 1. The maximum Gasteiger partial charge on any atom is 0.254 e. The van der Waals surface area contributed by atoms with E-state index in [4.69, 9.17) is 9.72 Å². The minimum absolute atomic E-state index is 0.0236. The third-order valence-corrected chi connectivity index (χ3v) is 5.46. The lowest BCUT2D eigenvalue weighted by Crippen LogP contribution is -2.37. The molecule has 3 aromatic rings. The number of hydrogen-bond donors (Lipinski definition) is 0. The maximum absolute atomic E-state index is 13.0. The second kappa shape index (κ2) is 7.64. The molecule has 0 atom stereocenters. The predicted molar refractivity (Wildman–Crippen MR) is 111 cm³/mol. The smallest absolute Gasteiger partial charge is 0.254 e. The van der Waals surface area contributed by atoms with Gasteiger partial charge in [0.25, 0.3) is 5.91 Å². The number of hydrogen-bond acceptors (Lipinski definition) is 5. The van der Waals surface area contributed by atoms with Crippen LogP contribution in [-0.4, -0.2) is 47.1 Å². The first-order valence-corrected chi connectivity index (χ1v) is 9.90. The van der Waals surface area contributed by atoms with E-state index in [2.05, 4.69) is 22.0 Å². The highest BCUT2D eigenvalue weighted by molar-refractivity contribution is 5.95. The van der Waals surface area contributed by atoms with Crippen molar-refractivity contribution in [3.8, 4) is 11.1 Å². The summed E-state index contributed by atoms with van der Waals surface area (Å²) < 4.78 is 5.40. The predicted octanol–water partition coefficient (Wildman–Crippen LogP) is 3.14. The van der Waals surface area contributed by atoms with Gasteiger partial charge >= 0.3 is 0 Å². The van der Waals surface area contributed by atoms with Gasteiger partial charge in [0.2, 0.25) is 5.95 Å². The molecule has 146 valence electrons. The van der Waals surface area contributed by atoms with Crippen LogP contribution in [-0.2, 0) is 17.8 Å². The summed E-state index contributed by atoms with van der Waals surface area (Å²) in [6.45, 7) is 4.07. The average molecular weight is 386 g/mol. The molecule has 2 aliphatic rings. The summed E-state index contributed by atoms with van der Waals surface area (Å²) in [6, 6.07) is 18.0. The molecule has 0 bridgehead atoms. The summed E-state index contributed by atoms with van der Waals surface area (Å²) in [5.41, 5.74) is 4.91. The normalized spacial score (nSPS) is 16.0. The van der Waals surface area contributed by atoms with Crippen molar-refractivity contribution < 1.29 is 9.53 Å². The van der Waals surface area contributed by atoms with Gasteiger partial charge in [0, 0.05) is 37.0 Å². The standard InChI is InChI=1S/C23H22N4O2/c28-22(19-8-6-18(7-9-19)17-4-2-1-3-5-17)27-15-20-14-24-23(25-21(20)16-27)26-10-12-29-13-11-26/h1-9,14H,10-13,15-16H2. The minimum atomic E-state index is 0.0236. The summed E-state index contributed by atoms with van der Waals surface area (Å²) in [6.07, 6.45) is 1.86. The van der Waals surface area contributed by atoms with Crippen molar-refractivity contribution in [2.24, 2.45) is 0 Å². The number of carbonyl (C=O) groups excluding carboxylic acids is 1. The van der Waals surface area contributed by atoms with E-state index >= 15 is 0 Å². The van der Waals surface area contributed by atoms with Crippen molar-refractivity contribution in [1.29, 1.82) is 0 Å². The van der Waals surface area contributed by atoms with Crippen LogP contribution < -0.4 is 4.90 Å². The number of amides is 1. The molecule has 1 aromatic heterocycles. The van der Waals surface area contributed by atoms with Crippen molar-refractivity contribution in [2.75, 3.05) is 31.2 Å². The molecule has 5 rings (SSSR count).